The lowest BCUT2D eigenvalue weighted by molar-refractivity contribution is -0.694. The number of aromatic hydroxyl groups is 1. The maximum Gasteiger partial charge on any atom is 0.302 e. The molecule has 0 spiro atoms. The summed E-state index contributed by atoms with van der Waals surface area (Å²) < 4.78 is 9.31. The molecule has 1 aliphatic rings. The number of carbonyl (C=O) groups excluding carboxylic acids is 1. The van der Waals surface area contributed by atoms with Gasteiger partial charge in [0.05, 0.1) is 13.2 Å². The fourth-order valence-corrected chi connectivity index (χ4v) is 4.15. The number of imidazole rings is 1. The van der Waals surface area contributed by atoms with Crippen molar-refractivity contribution in [3.63, 3.8) is 0 Å². The lowest BCUT2D eigenvalue weighted by atomic mass is 9.97. The van der Waals surface area contributed by atoms with Gasteiger partial charge in [0.15, 0.2) is 0 Å². The number of carbonyl (C=O) groups is 1. The standard InChI is InChI=1S/C15H20N3O2.C11H14O.BrH/c1-13-17(8-3-11-20-14(2)19)9-10-18(13)12-15-4-6-16-7-5-15;12-11-8-4-3-7-10(11)9-5-1-2-6-9;/h4-7,9-10H,3,8,11-12H2,1-2H3;3-4,7-9,12H,1-2,5-6H2;1H/q+1;;/p-1. The highest BCUT2D eigenvalue weighted by molar-refractivity contribution is 5.65. The number of aryl methyl sites for hydroxylation is 1. The van der Waals surface area contributed by atoms with Crippen LogP contribution in [0.1, 0.15) is 61.9 Å². The van der Waals surface area contributed by atoms with Crippen LogP contribution in [0.2, 0.25) is 0 Å². The van der Waals surface area contributed by atoms with Crippen molar-refractivity contribution in [1.29, 1.82) is 0 Å². The summed E-state index contributed by atoms with van der Waals surface area (Å²) in [5, 5.41) is 9.57. The van der Waals surface area contributed by atoms with Crippen molar-refractivity contribution < 1.29 is 36.2 Å². The summed E-state index contributed by atoms with van der Waals surface area (Å²) >= 11 is 0. The maximum absolute atomic E-state index is 10.7. The number of benzene rings is 1. The number of pyridine rings is 1. The first-order chi connectivity index (χ1) is 15.5. The van der Waals surface area contributed by atoms with Crippen LogP contribution in [-0.2, 0) is 22.6 Å². The number of rotatable bonds is 7. The molecule has 2 heterocycles. The van der Waals surface area contributed by atoms with E-state index in [2.05, 4.69) is 33.4 Å². The molecule has 6 nitrogen and oxygen atoms in total. The first-order valence-electron chi connectivity index (χ1n) is 11.4. The average molecular weight is 516 g/mol. The fraction of sp³-hybridized carbons (Fsp3) is 0.423. The second kappa shape index (κ2) is 13.8. The molecule has 178 valence electrons. The van der Waals surface area contributed by atoms with E-state index in [1.165, 1.54) is 44.0 Å². The molecule has 1 N–H and O–H groups in total. The highest BCUT2D eigenvalue weighted by Gasteiger charge is 2.19. The molecular weight excluding hydrogens is 482 g/mol. The third kappa shape index (κ3) is 8.31. The zero-order valence-electron chi connectivity index (χ0n) is 19.5. The van der Waals surface area contributed by atoms with Crippen LogP contribution in [0, 0.1) is 6.92 Å². The van der Waals surface area contributed by atoms with E-state index in [0.29, 0.717) is 18.3 Å². The SMILES string of the molecule is CC(=O)OCCCn1cc[n+](Cc2ccncc2)c1C.Oc1ccccc1C1CCCC1.[Br-]. The Balaban J connectivity index is 0.000000253. The summed E-state index contributed by atoms with van der Waals surface area (Å²) in [6, 6.07) is 11.8. The van der Waals surface area contributed by atoms with Crippen LogP contribution in [0.15, 0.2) is 61.2 Å². The first-order valence-corrected chi connectivity index (χ1v) is 11.4. The number of nitrogens with zero attached hydrogens (tertiary/aromatic N) is 3. The molecule has 2 aromatic heterocycles. The lowest BCUT2D eigenvalue weighted by Crippen LogP contribution is -3.00. The zero-order chi connectivity index (χ0) is 22.8. The van der Waals surface area contributed by atoms with Crippen molar-refractivity contribution in [3.05, 3.63) is 78.1 Å². The van der Waals surface area contributed by atoms with E-state index in [-0.39, 0.29) is 23.0 Å². The van der Waals surface area contributed by atoms with E-state index in [4.69, 9.17) is 4.74 Å². The number of hydrogen-bond donors (Lipinski definition) is 1. The number of aromatic nitrogens is 3. The summed E-state index contributed by atoms with van der Waals surface area (Å²) in [4.78, 5) is 14.7. The number of halogens is 1. The highest BCUT2D eigenvalue weighted by atomic mass is 79.9. The second-order valence-corrected chi connectivity index (χ2v) is 8.26. The Hall–Kier alpha value is -2.67. The van der Waals surface area contributed by atoms with Gasteiger partial charge in [0.2, 0.25) is 0 Å². The normalized spacial score (nSPS) is 13.0. The van der Waals surface area contributed by atoms with Crippen molar-refractivity contribution in [1.82, 2.24) is 9.55 Å². The number of hydrogen-bond acceptors (Lipinski definition) is 4. The molecule has 0 atom stereocenters. The molecule has 1 aliphatic carbocycles. The Morgan fingerprint density at radius 1 is 1.18 bits per heavy atom. The fourth-order valence-electron chi connectivity index (χ4n) is 4.15. The van der Waals surface area contributed by atoms with E-state index < -0.39 is 0 Å². The van der Waals surface area contributed by atoms with E-state index in [1.807, 2.05) is 30.3 Å². The molecule has 0 saturated heterocycles. The van der Waals surface area contributed by atoms with Crippen molar-refractivity contribution in [3.8, 4) is 5.75 Å². The third-order valence-corrected chi connectivity index (χ3v) is 5.94. The predicted octanol–water partition coefficient (Wildman–Crippen LogP) is 1.53. The lowest BCUT2D eigenvalue weighted by Gasteiger charge is -2.10. The summed E-state index contributed by atoms with van der Waals surface area (Å²) in [6.07, 6.45) is 13.7. The minimum Gasteiger partial charge on any atom is -1.00 e. The van der Waals surface area contributed by atoms with E-state index in [0.717, 1.165) is 25.1 Å². The molecule has 4 rings (SSSR count). The summed E-state index contributed by atoms with van der Waals surface area (Å²) in [7, 11) is 0. The number of phenols is 1. The van der Waals surface area contributed by atoms with E-state index in [9.17, 15) is 9.90 Å². The minimum atomic E-state index is -0.220. The number of esters is 1. The van der Waals surface area contributed by atoms with Gasteiger partial charge in [-0.3, -0.25) is 9.78 Å². The van der Waals surface area contributed by atoms with Gasteiger partial charge in [-0.05, 0) is 48.1 Å². The van der Waals surface area contributed by atoms with Crippen molar-refractivity contribution in [2.24, 2.45) is 0 Å². The van der Waals surface area contributed by atoms with Gasteiger partial charge in [0.25, 0.3) is 5.82 Å². The third-order valence-electron chi connectivity index (χ3n) is 5.94. The molecule has 1 aromatic carbocycles. The summed E-state index contributed by atoms with van der Waals surface area (Å²) in [6.45, 7) is 5.68. The monoisotopic (exact) mass is 515 g/mol. The first kappa shape index (κ1) is 26.6. The maximum atomic E-state index is 10.7. The largest absolute Gasteiger partial charge is 1.00 e. The smallest absolute Gasteiger partial charge is 0.302 e. The van der Waals surface area contributed by atoms with Crippen molar-refractivity contribution in [2.75, 3.05) is 6.61 Å². The van der Waals surface area contributed by atoms with Crippen LogP contribution in [-0.4, -0.2) is 27.2 Å². The van der Waals surface area contributed by atoms with E-state index >= 15 is 0 Å². The Bertz CT molecular complexity index is 985. The highest BCUT2D eigenvalue weighted by Crippen LogP contribution is 2.37. The van der Waals surface area contributed by atoms with Crippen LogP contribution in [0.4, 0.5) is 0 Å². The van der Waals surface area contributed by atoms with Crippen molar-refractivity contribution >= 4 is 5.97 Å². The molecule has 1 fully saturated rings. The molecule has 0 aliphatic heterocycles. The molecule has 3 aromatic rings. The Kier molecular flexibility index (Phi) is 11.1. The molecule has 33 heavy (non-hydrogen) atoms. The van der Waals surface area contributed by atoms with Crippen LogP contribution in [0.3, 0.4) is 0 Å². The average Bonchev–Trinajstić information content (AvgIpc) is 3.44. The topological polar surface area (TPSA) is 68.2 Å². The molecule has 0 bridgehead atoms. The number of para-hydroxylation sites is 1. The molecule has 0 unspecified atom stereocenters. The van der Waals surface area contributed by atoms with Gasteiger partial charge in [0.1, 0.15) is 24.7 Å². The van der Waals surface area contributed by atoms with Crippen LogP contribution >= 0.6 is 0 Å². The van der Waals surface area contributed by atoms with Crippen LogP contribution in [0.25, 0.3) is 0 Å². The van der Waals surface area contributed by atoms with Gasteiger partial charge in [-0.2, -0.15) is 0 Å². The Labute approximate surface area is 207 Å². The Morgan fingerprint density at radius 2 is 1.88 bits per heavy atom. The van der Waals surface area contributed by atoms with Crippen LogP contribution < -0.4 is 21.5 Å². The van der Waals surface area contributed by atoms with Gasteiger partial charge in [-0.25, -0.2) is 9.13 Å². The van der Waals surface area contributed by atoms with Gasteiger partial charge in [-0.15, -0.1) is 0 Å². The number of ether oxygens (including phenoxy) is 1. The number of phenolic OH excluding ortho intramolecular Hbond substituents is 1. The van der Waals surface area contributed by atoms with E-state index in [1.54, 1.807) is 18.5 Å². The molecule has 0 radical (unpaired) electrons. The molecule has 0 amide bonds. The van der Waals surface area contributed by atoms with Gasteiger partial charge >= 0.3 is 5.97 Å². The molecule has 7 heteroatoms. The zero-order valence-corrected chi connectivity index (χ0v) is 21.1. The summed E-state index contributed by atoms with van der Waals surface area (Å²) in [5.74, 6) is 2.06. The second-order valence-electron chi connectivity index (χ2n) is 8.26. The van der Waals surface area contributed by atoms with Crippen molar-refractivity contribution in [2.45, 2.75) is 65.0 Å². The quantitative estimate of drug-likeness (QED) is 0.294. The minimum absolute atomic E-state index is 0. The molecular formula is C26H34BrN3O3. The van der Waals surface area contributed by atoms with Gasteiger partial charge in [-0.1, -0.05) is 31.0 Å². The van der Waals surface area contributed by atoms with Gasteiger partial charge in [0, 0.05) is 32.7 Å². The molecule has 1 saturated carbocycles. The predicted molar refractivity (Wildman–Crippen MR) is 123 cm³/mol. The Morgan fingerprint density at radius 3 is 2.55 bits per heavy atom. The van der Waals surface area contributed by atoms with Gasteiger partial charge < -0.3 is 26.8 Å². The summed E-state index contributed by atoms with van der Waals surface area (Å²) in [5.41, 5.74) is 2.38. The van der Waals surface area contributed by atoms with Crippen LogP contribution in [0.5, 0.6) is 5.75 Å².